The number of aliphatic hydroxyl groups is 1. The van der Waals surface area contributed by atoms with Crippen LogP contribution in [0.4, 0.5) is 0 Å². The zero-order valence-electron chi connectivity index (χ0n) is 13.2. The topological polar surface area (TPSA) is 80.8 Å². The molecular formula is C16H26O6. The highest BCUT2D eigenvalue weighted by Crippen LogP contribution is 2.21. The van der Waals surface area contributed by atoms with Gasteiger partial charge in [0.05, 0.1) is 26.4 Å². The van der Waals surface area contributed by atoms with E-state index in [0.29, 0.717) is 25.4 Å². The molecule has 126 valence electrons. The molecule has 22 heavy (non-hydrogen) atoms. The van der Waals surface area contributed by atoms with E-state index in [9.17, 15) is 4.79 Å². The molecule has 0 bridgehead atoms. The standard InChI is InChI=1S/C16H26O6/c1-12(16(18)19-7-5-3-2-4-6-17)8-14(15-11-22-15)21-10-13-9-20-13/h8,13-15,17H,2-7,9-11H2,1H3. The molecule has 2 rings (SSSR count). The molecule has 0 aromatic rings. The minimum atomic E-state index is -0.306. The van der Waals surface area contributed by atoms with Crippen LogP contribution in [0.25, 0.3) is 0 Å². The summed E-state index contributed by atoms with van der Waals surface area (Å²) in [6.45, 7) is 4.32. The molecule has 2 aliphatic heterocycles. The second kappa shape index (κ2) is 9.25. The summed E-state index contributed by atoms with van der Waals surface area (Å²) in [6.07, 6.45) is 5.36. The molecule has 2 aliphatic rings. The van der Waals surface area contributed by atoms with E-state index in [2.05, 4.69) is 0 Å². The van der Waals surface area contributed by atoms with Gasteiger partial charge >= 0.3 is 5.97 Å². The summed E-state index contributed by atoms with van der Waals surface area (Å²) in [7, 11) is 0. The maximum absolute atomic E-state index is 11.9. The van der Waals surface area contributed by atoms with E-state index in [-0.39, 0.29) is 30.9 Å². The van der Waals surface area contributed by atoms with Crippen LogP contribution in [0.1, 0.15) is 32.6 Å². The van der Waals surface area contributed by atoms with Crippen LogP contribution in [-0.4, -0.2) is 62.4 Å². The van der Waals surface area contributed by atoms with Gasteiger partial charge in [-0.1, -0.05) is 6.42 Å². The average molecular weight is 314 g/mol. The predicted molar refractivity (Wildman–Crippen MR) is 79.5 cm³/mol. The molecule has 2 fully saturated rings. The SMILES string of the molecule is CC(=CC(OCC1CO1)C1CO1)C(=O)OCCCCCCO. The van der Waals surface area contributed by atoms with E-state index in [1.807, 2.05) is 0 Å². The zero-order chi connectivity index (χ0) is 15.8. The number of esters is 1. The van der Waals surface area contributed by atoms with Gasteiger partial charge in [0.25, 0.3) is 0 Å². The number of rotatable bonds is 12. The number of unbranched alkanes of at least 4 members (excludes halogenated alkanes) is 3. The number of hydrogen-bond donors (Lipinski definition) is 1. The second-order valence-electron chi connectivity index (χ2n) is 5.75. The maximum Gasteiger partial charge on any atom is 0.333 e. The molecule has 0 amide bonds. The fraction of sp³-hybridized carbons (Fsp3) is 0.812. The minimum Gasteiger partial charge on any atom is -0.462 e. The van der Waals surface area contributed by atoms with Crippen LogP contribution in [0.2, 0.25) is 0 Å². The first-order valence-corrected chi connectivity index (χ1v) is 8.02. The molecular weight excluding hydrogens is 288 g/mol. The summed E-state index contributed by atoms with van der Waals surface area (Å²) in [6, 6.07) is 0. The van der Waals surface area contributed by atoms with Crippen molar-refractivity contribution >= 4 is 5.97 Å². The van der Waals surface area contributed by atoms with Crippen molar-refractivity contribution in [3.8, 4) is 0 Å². The van der Waals surface area contributed by atoms with E-state index >= 15 is 0 Å². The molecule has 6 heteroatoms. The third kappa shape index (κ3) is 6.87. The van der Waals surface area contributed by atoms with Crippen molar-refractivity contribution in [2.75, 3.05) is 33.0 Å². The molecule has 0 radical (unpaired) electrons. The van der Waals surface area contributed by atoms with Crippen LogP contribution in [0.5, 0.6) is 0 Å². The quantitative estimate of drug-likeness (QED) is 0.252. The van der Waals surface area contributed by atoms with E-state index < -0.39 is 0 Å². The lowest BCUT2D eigenvalue weighted by Crippen LogP contribution is -2.21. The van der Waals surface area contributed by atoms with Crippen molar-refractivity contribution in [2.45, 2.75) is 50.9 Å². The number of ether oxygens (including phenoxy) is 4. The van der Waals surface area contributed by atoms with E-state index in [4.69, 9.17) is 24.1 Å². The number of carbonyl (C=O) groups excluding carboxylic acids is 1. The van der Waals surface area contributed by atoms with Crippen LogP contribution in [-0.2, 0) is 23.7 Å². The maximum atomic E-state index is 11.9. The highest BCUT2D eigenvalue weighted by molar-refractivity contribution is 5.87. The zero-order valence-corrected chi connectivity index (χ0v) is 13.2. The first-order valence-electron chi connectivity index (χ1n) is 8.02. The minimum absolute atomic E-state index is 0.0416. The Morgan fingerprint density at radius 2 is 2.00 bits per heavy atom. The van der Waals surface area contributed by atoms with Crippen LogP contribution >= 0.6 is 0 Å². The first-order chi connectivity index (χ1) is 10.7. The Kier molecular flexibility index (Phi) is 7.32. The lowest BCUT2D eigenvalue weighted by Gasteiger charge is -2.12. The third-order valence-electron chi connectivity index (χ3n) is 3.62. The molecule has 1 N–H and O–H groups in total. The highest BCUT2D eigenvalue weighted by atomic mass is 16.6. The summed E-state index contributed by atoms with van der Waals surface area (Å²) >= 11 is 0. The summed E-state index contributed by atoms with van der Waals surface area (Å²) < 4.78 is 21.3. The van der Waals surface area contributed by atoms with Crippen molar-refractivity contribution in [3.05, 3.63) is 11.6 Å². The van der Waals surface area contributed by atoms with Gasteiger partial charge < -0.3 is 24.1 Å². The Bertz CT molecular complexity index is 373. The Labute approximate surface area is 131 Å². The highest BCUT2D eigenvalue weighted by Gasteiger charge is 2.34. The Morgan fingerprint density at radius 3 is 2.64 bits per heavy atom. The summed E-state index contributed by atoms with van der Waals surface area (Å²) in [5.41, 5.74) is 0.549. The van der Waals surface area contributed by atoms with Crippen LogP contribution < -0.4 is 0 Å². The third-order valence-corrected chi connectivity index (χ3v) is 3.62. The number of aliphatic hydroxyl groups excluding tert-OH is 1. The fourth-order valence-corrected chi connectivity index (χ4v) is 2.05. The Hall–Kier alpha value is -0.950. The number of carbonyl (C=O) groups is 1. The molecule has 0 spiro atoms. The van der Waals surface area contributed by atoms with Gasteiger partial charge in [0.2, 0.25) is 0 Å². The molecule has 0 aromatic carbocycles. The molecule has 0 saturated carbocycles. The van der Waals surface area contributed by atoms with Crippen LogP contribution in [0, 0.1) is 0 Å². The van der Waals surface area contributed by atoms with Gasteiger partial charge in [0.1, 0.15) is 18.3 Å². The number of epoxide rings is 2. The molecule has 2 saturated heterocycles. The van der Waals surface area contributed by atoms with Crippen molar-refractivity contribution in [1.29, 1.82) is 0 Å². The van der Waals surface area contributed by atoms with Crippen LogP contribution in [0.3, 0.4) is 0 Å². The van der Waals surface area contributed by atoms with Crippen molar-refractivity contribution < 1.29 is 28.8 Å². The van der Waals surface area contributed by atoms with Gasteiger partial charge in [-0.2, -0.15) is 0 Å². The molecule has 0 aromatic heterocycles. The molecule has 6 nitrogen and oxygen atoms in total. The summed E-state index contributed by atoms with van der Waals surface area (Å²) in [4.78, 5) is 11.9. The summed E-state index contributed by atoms with van der Waals surface area (Å²) in [5.74, 6) is -0.306. The van der Waals surface area contributed by atoms with Gasteiger partial charge in [0, 0.05) is 12.2 Å². The van der Waals surface area contributed by atoms with Gasteiger partial charge in [-0.3, -0.25) is 0 Å². The van der Waals surface area contributed by atoms with Crippen molar-refractivity contribution in [3.63, 3.8) is 0 Å². The van der Waals surface area contributed by atoms with E-state index in [1.165, 1.54) is 0 Å². The largest absolute Gasteiger partial charge is 0.462 e. The smallest absolute Gasteiger partial charge is 0.333 e. The monoisotopic (exact) mass is 314 g/mol. The van der Waals surface area contributed by atoms with Crippen molar-refractivity contribution in [2.24, 2.45) is 0 Å². The van der Waals surface area contributed by atoms with Gasteiger partial charge in [0.15, 0.2) is 0 Å². The van der Waals surface area contributed by atoms with E-state index in [0.717, 1.165) is 32.3 Å². The van der Waals surface area contributed by atoms with Gasteiger partial charge in [-0.05, 0) is 32.3 Å². The van der Waals surface area contributed by atoms with Crippen LogP contribution in [0.15, 0.2) is 11.6 Å². The number of hydrogen-bond acceptors (Lipinski definition) is 6. The molecule has 0 aliphatic carbocycles. The average Bonchev–Trinajstić information content (AvgIpc) is 3.39. The molecule has 3 unspecified atom stereocenters. The van der Waals surface area contributed by atoms with Gasteiger partial charge in [-0.25, -0.2) is 4.79 Å². The molecule has 2 heterocycles. The lowest BCUT2D eigenvalue weighted by molar-refractivity contribution is -0.139. The van der Waals surface area contributed by atoms with Crippen molar-refractivity contribution in [1.82, 2.24) is 0 Å². The normalized spacial score (nSPS) is 24.9. The Morgan fingerprint density at radius 1 is 1.27 bits per heavy atom. The van der Waals surface area contributed by atoms with Gasteiger partial charge in [-0.15, -0.1) is 0 Å². The van der Waals surface area contributed by atoms with E-state index in [1.54, 1.807) is 13.0 Å². The molecule has 3 atom stereocenters. The second-order valence-corrected chi connectivity index (χ2v) is 5.75. The summed E-state index contributed by atoms with van der Waals surface area (Å²) in [5, 5.41) is 8.68. The Balaban J connectivity index is 1.65. The lowest BCUT2D eigenvalue weighted by atomic mass is 10.1. The predicted octanol–water partition coefficient (Wildman–Crippen LogP) is 1.21. The first kappa shape index (κ1) is 17.4. The fourth-order valence-electron chi connectivity index (χ4n) is 2.05.